The Morgan fingerprint density at radius 3 is 2.78 bits per heavy atom. The number of carbonyl (C=O) groups excluding carboxylic acids is 2. The zero-order valence-corrected chi connectivity index (χ0v) is 11.4. The minimum absolute atomic E-state index is 0.0334. The van der Waals surface area contributed by atoms with E-state index in [1.54, 1.807) is 6.92 Å². The van der Waals surface area contributed by atoms with Crippen LogP contribution in [0.25, 0.3) is 0 Å². The first-order chi connectivity index (χ1) is 8.58. The average molecular weight is 256 g/mol. The third-order valence-corrected chi connectivity index (χ3v) is 3.27. The second-order valence-corrected chi connectivity index (χ2v) is 4.88. The topological polar surface area (TPSA) is 67.4 Å². The zero-order chi connectivity index (χ0) is 13.4. The Hall–Kier alpha value is -1.10. The fourth-order valence-corrected chi connectivity index (χ4v) is 2.11. The number of esters is 1. The van der Waals surface area contributed by atoms with E-state index < -0.39 is 5.54 Å². The molecule has 5 heteroatoms. The molecular weight excluding hydrogens is 232 g/mol. The number of ether oxygens (including phenoxy) is 1. The smallest absolute Gasteiger partial charge is 0.305 e. The van der Waals surface area contributed by atoms with E-state index in [1.807, 2.05) is 6.92 Å². The van der Waals surface area contributed by atoms with Gasteiger partial charge < -0.3 is 15.4 Å². The number of amides is 1. The fourth-order valence-electron chi connectivity index (χ4n) is 2.11. The van der Waals surface area contributed by atoms with Crippen LogP contribution in [-0.2, 0) is 14.3 Å². The predicted octanol–water partition coefficient (Wildman–Crippen LogP) is 0.978. The van der Waals surface area contributed by atoms with Crippen molar-refractivity contribution >= 4 is 11.9 Å². The first-order valence-corrected chi connectivity index (χ1v) is 6.77. The normalized spacial score (nSPS) is 23.4. The van der Waals surface area contributed by atoms with E-state index in [0.717, 1.165) is 25.8 Å². The van der Waals surface area contributed by atoms with Gasteiger partial charge in [0.25, 0.3) is 0 Å². The van der Waals surface area contributed by atoms with Gasteiger partial charge >= 0.3 is 5.97 Å². The van der Waals surface area contributed by atoms with E-state index in [9.17, 15) is 9.59 Å². The summed E-state index contributed by atoms with van der Waals surface area (Å²) >= 11 is 0. The highest BCUT2D eigenvalue weighted by Gasteiger charge is 2.33. The fraction of sp³-hybridized carbons (Fsp3) is 0.846. The van der Waals surface area contributed by atoms with Gasteiger partial charge in [-0.1, -0.05) is 0 Å². The van der Waals surface area contributed by atoms with Crippen LogP contribution in [0.1, 0.15) is 46.0 Å². The van der Waals surface area contributed by atoms with Gasteiger partial charge in [0.1, 0.15) is 0 Å². The molecule has 0 saturated carbocycles. The largest absolute Gasteiger partial charge is 0.466 e. The molecular formula is C13H24N2O3. The van der Waals surface area contributed by atoms with E-state index in [2.05, 4.69) is 10.6 Å². The summed E-state index contributed by atoms with van der Waals surface area (Å²) in [6.07, 6.45) is 4.07. The molecule has 1 rings (SSSR count). The van der Waals surface area contributed by atoms with E-state index in [1.165, 1.54) is 0 Å². The molecule has 1 saturated heterocycles. The molecule has 5 nitrogen and oxygen atoms in total. The van der Waals surface area contributed by atoms with Gasteiger partial charge in [0.2, 0.25) is 5.91 Å². The Balaban J connectivity index is 2.18. The van der Waals surface area contributed by atoms with Crippen LogP contribution in [0, 0.1) is 0 Å². The minimum atomic E-state index is -0.442. The van der Waals surface area contributed by atoms with Crippen LogP contribution in [0.4, 0.5) is 0 Å². The molecule has 1 atom stereocenters. The maximum atomic E-state index is 12.0. The van der Waals surface area contributed by atoms with E-state index in [-0.39, 0.29) is 11.9 Å². The Morgan fingerprint density at radius 1 is 1.39 bits per heavy atom. The number of carbonyl (C=O) groups is 2. The number of piperidine rings is 1. The highest BCUT2D eigenvalue weighted by atomic mass is 16.5. The summed E-state index contributed by atoms with van der Waals surface area (Å²) < 4.78 is 4.82. The lowest BCUT2D eigenvalue weighted by Gasteiger charge is -2.33. The standard InChI is InChI=1S/C13H24N2O3/c1-3-18-11(16)7-6-9-14-12(17)13(2)8-4-5-10-15-13/h15H,3-10H2,1-2H3,(H,14,17). The first kappa shape index (κ1) is 15.0. The molecule has 0 aromatic rings. The lowest BCUT2D eigenvalue weighted by atomic mass is 9.90. The number of nitrogens with one attached hydrogen (secondary N) is 2. The maximum absolute atomic E-state index is 12.0. The van der Waals surface area contributed by atoms with Crippen molar-refractivity contribution < 1.29 is 14.3 Å². The monoisotopic (exact) mass is 256 g/mol. The van der Waals surface area contributed by atoms with Crippen molar-refractivity contribution in [1.82, 2.24) is 10.6 Å². The summed E-state index contributed by atoms with van der Waals surface area (Å²) in [7, 11) is 0. The van der Waals surface area contributed by atoms with E-state index >= 15 is 0 Å². The molecule has 104 valence electrons. The Bertz CT molecular complexity index is 286. The van der Waals surface area contributed by atoms with Crippen molar-refractivity contribution in [2.24, 2.45) is 0 Å². The van der Waals surface area contributed by atoms with Crippen LogP contribution in [-0.4, -0.2) is 37.1 Å². The summed E-state index contributed by atoms with van der Waals surface area (Å²) in [5.41, 5.74) is -0.442. The molecule has 1 fully saturated rings. The van der Waals surface area contributed by atoms with Gasteiger partial charge in [-0.2, -0.15) is 0 Å². The summed E-state index contributed by atoms with van der Waals surface area (Å²) in [6.45, 7) is 5.55. The lowest BCUT2D eigenvalue weighted by molar-refractivity contribution is -0.143. The van der Waals surface area contributed by atoms with Crippen LogP contribution >= 0.6 is 0 Å². The van der Waals surface area contributed by atoms with E-state index in [0.29, 0.717) is 26.0 Å². The van der Waals surface area contributed by atoms with Gasteiger partial charge in [-0.05, 0) is 46.1 Å². The van der Waals surface area contributed by atoms with Crippen LogP contribution < -0.4 is 10.6 Å². The van der Waals surface area contributed by atoms with Gasteiger partial charge in [0.05, 0.1) is 12.1 Å². The molecule has 1 heterocycles. The molecule has 2 N–H and O–H groups in total. The number of hydrogen-bond acceptors (Lipinski definition) is 4. The Kier molecular flexibility index (Phi) is 6.12. The molecule has 0 bridgehead atoms. The molecule has 0 aromatic heterocycles. The summed E-state index contributed by atoms with van der Waals surface area (Å²) in [6, 6.07) is 0. The van der Waals surface area contributed by atoms with Crippen LogP contribution in [0.15, 0.2) is 0 Å². The van der Waals surface area contributed by atoms with Gasteiger partial charge in [-0.15, -0.1) is 0 Å². The van der Waals surface area contributed by atoms with Crippen LogP contribution in [0.5, 0.6) is 0 Å². The second-order valence-electron chi connectivity index (χ2n) is 4.88. The van der Waals surface area contributed by atoms with Crippen molar-refractivity contribution in [3.05, 3.63) is 0 Å². The van der Waals surface area contributed by atoms with Crippen molar-refractivity contribution in [1.29, 1.82) is 0 Å². The predicted molar refractivity (Wildman–Crippen MR) is 69.1 cm³/mol. The van der Waals surface area contributed by atoms with Gasteiger partial charge in [-0.25, -0.2) is 0 Å². The number of rotatable bonds is 6. The third-order valence-electron chi connectivity index (χ3n) is 3.27. The second kappa shape index (κ2) is 7.36. The quantitative estimate of drug-likeness (QED) is 0.549. The molecule has 1 aliphatic heterocycles. The minimum Gasteiger partial charge on any atom is -0.466 e. The lowest BCUT2D eigenvalue weighted by Crippen LogP contribution is -2.57. The highest BCUT2D eigenvalue weighted by molar-refractivity contribution is 5.86. The van der Waals surface area contributed by atoms with Crippen molar-refractivity contribution in [2.45, 2.75) is 51.5 Å². The molecule has 0 aromatic carbocycles. The SMILES string of the molecule is CCOC(=O)CCCNC(=O)C1(C)CCCCN1. The zero-order valence-electron chi connectivity index (χ0n) is 11.4. The Morgan fingerprint density at radius 2 is 2.17 bits per heavy atom. The summed E-state index contributed by atoms with van der Waals surface area (Å²) in [5.74, 6) is -0.167. The first-order valence-electron chi connectivity index (χ1n) is 6.77. The number of hydrogen-bond donors (Lipinski definition) is 2. The molecule has 0 radical (unpaired) electrons. The summed E-state index contributed by atoms with van der Waals surface area (Å²) in [5, 5.41) is 6.14. The third kappa shape index (κ3) is 4.64. The van der Waals surface area contributed by atoms with Crippen molar-refractivity contribution in [3.63, 3.8) is 0 Å². The van der Waals surface area contributed by atoms with Crippen LogP contribution in [0.2, 0.25) is 0 Å². The highest BCUT2D eigenvalue weighted by Crippen LogP contribution is 2.18. The van der Waals surface area contributed by atoms with Crippen molar-refractivity contribution in [3.8, 4) is 0 Å². The van der Waals surface area contributed by atoms with Crippen LogP contribution in [0.3, 0.4) is 0 Å². The van der Waals surface area contributed by atoms with Gasteiger partial charge in [-0.3, -0.25) is 9.59 Å². The van der Waals surface area contributed by atoms with E-state index in [4.69, 9.17) is 4.74 Å². The van der Waals surface area contributed by atoms with Crippen molar-refractivity contribution in [2.75, 3.05) is 19.7 Å². The van der Waals surface area contributed by atoms with Gasteiger partial charge in [0.15, 0.2) is 0 Å². The van der Waals surface area contributed by atoms with Gasteiger partial charge in [0, 0.05) is 13.0 Å². The average Bonchev–Trinajstić information content (AvgIpc) is 2.35. The molecule has 1 aliphatic rings. The molecule has 0 spiro atoms. The molecule has 18 heavy (non-hydrogen) atoms. The molecule has 1 amide bonds. The maximum Gasteiger partial charge on any atom is 0.305 e. The molecule has 1 unspecified atom stereocenters. The molecule has 0 aliphatic carbocycles. The Labute approximate surface area is 109 Å². The summed E-state index contributed by atoms with van der Waals surface area (Å²) in [4.78, 5) is 23.1.